The number of hydrogen-bond acceptors (Lipinski definition) is 14. The molecular formula is C54H63FN10O7S. The minimum atomic E-state index is -4.70. The molecule has 1 amide bonds. The van der Waals surface area contributed by atoms with Crippen molar-refractivity contribution >= 4 is 44.2 Å². The number of fused-ring (bicyclic) bond motifs is 1. The van der Waals surface area contributed by atoms with Gasteiger partial charge in [0.1, 0.15) is 27.9 Å². The van der Waals surface area contributed by atoms with Crippen LogP contribution < -0.4 is 19.7 Å². The van der Waals surface area contributed by atoms with Crippen molar-refractivity contribution in [2.24, 2.45) is 11.3 Å². The van der Waals surface area contributed by atoms with E-state index in [9.17, 15) is 32.8 Å². The molecule has 4 aromatic heterocycles. The van der Waals surface area contributed by atoms with Crippen LogP contribution in [0.3, 0.4) is 0 Å². The zero-order valence-corrected chi connectivity index (χ0v) is 42.3. The molecule has 4 aliphatic rings. The van der Waals surface area contributed by atoms with Gasteiger partial charge in [0.25, 0.3) is 15.9 Å². The highest BCUT2D eigenvalue weighted by molar-refractivity contribution is 7.90. The number of anilines is 2. The minimum absolute atomic E-state index is 0.00922. The monoisotopic (exact) mass is 1010 g/mol. The molecule has 384 valence electrons. The number of nitrogens with one attached hydrogen (secondary N) is 3. The number of aromatic amines is 1. The standard InChI is InChI=1S/C54H63FN10O7S/c1-35(2)42-6-4-5-7-43(42)48-34-62(33-37-12-18-56-19-13-37)22-23-64(48)39-27-54(28-39)16-20-63(21-17-54)38-8-9-44(49(24-38)72-40-25-45-46(55)32-60-50(45)58-30-40)52(66)61-73(70,71)41-26-47(65(68)69)51(59-31-41)57-29-36-10-14-53(3,67)15-11-36/h4-9,12-13,18-19,24-26,30-32,35-36,39,48,67H,10-11,14-17,20-23,27-29,33-34H2,1-3H3,(H,57,59)(H,58,60)(H,61,66)/t36?,48-,53?/m0/s1. The number of benzene rings is 2. The summed E-state index contributed by atoms with van der Waals surface area (Å²) in [5.41, 5.74) is 3.90. The van der Waals surface area contributed by atoms with Crippen LogP contribution in [-0.2, 0) is 16.6 Å². The van der Waals surface area contributed by atoms with Gasteiger partial charge in [0.2, 0.25) is 5.82 Å². The second-order valence-electron chi connectivity index (χ2n) is 21.2. The molecule has 2 saturated heterocycles. The van der Waals surface area contributed by atoms with Crippen molar-refractivity contribution in [1.82, 2.24) is 34.5 Å². The number of nitrogens with zero attached hydrogens (tertiary/aromatic N) is 7. The molecule has 0 radical (unpaired) electrons. The van der Waals surface area contributed by atoms with Crippen LogP contribution in [0.5, 0.6) is 11.5 Å². The minimum Gasteiger partial charge on any atom is -0.455 e. The van der Waals surface area contributed by atoms with E-state index < -0.39 is 42.9 Å². The lowest BCUT2D eigenvalue weighted by Crippen LogP contribution is -2.60. The summed E-state index contributed by atoms with van der Waals surface area (Å²) >= 11 is 0. The van der Waals surface area contributed by atoms with Gasteiger partial charge in [-0.2, -0.15) is 0 Å². The Bertz CT molecular complexity index is 3090. The molecule has 73 heavy (non-hydrogen) atoms. The van der Waals surface area contributed by atoms with E-state index in [-0.39, 0.29) is 45.6 Å². The highest BCUT2D eigenvalue weighted by Crippen LogP contribution is 2.53. The quantitative estimate of drug-likeness (QED) is 0.0558. The maximum atomic E-state index is 14.7. The van der Waals surface area contributed by atoms with Gasteiger partial charge in [0, 0.05) is 94.3 Å². The van der Waals surface area contributed by atoms with Gasteiger partial charge in [-0.3, -0.25) is 29.7 Å². The predicted octanol–water partition coefficient (Wildman–Crippen LogP) is 9.10. The number of aromatic nitrogens is 4. The number of sulfonamides is 1. The summed E-state index contributed by atoms with van der Waals surface area (Å²) in [7, 11) is -4.70. The summed E-state index contributed by atoms with van der Waals surface area (Å²) < 4.78 is 50.6. The number of piperazine rings is 1. The Balaban J connectivity index is 0.841. The van der Waals surface area contributed by atoms with E-state index in [0.717, 1.165) is 95.7 Å². The molecule has 17 nitrogen and oxygen atoms in total. The van der Waals surface area contributed by atoms with Gasteiger partial charge in [-0.1, -0.05) is 38.1 Å². The number of aliphatic hydroxyl groups is 1. The molecule has 2 aromatic carbocycles. The molecule has 0 unspecified atom stereocenters. The zero-order chi connectivity index (χ0) is 51.1. The van der Waals surface area contributed by atoms with Crippen molar-refractivity contribution in [3.8, 4) is 11.5 Å². The second-order valence-corrected chi connectivity index (χ2v) is 22.9. The summed E-state index contributed by atoms with van der Waals surface area (Å²) in [5, 5.41) is 25.7. The average Bonchev–Trinajstić information content (AvgIpc) is 3.74. The van der Waals surface area contributed by atoms with E-state index in [0.29, 0.717) is 37.0 Å². The van der Waals surface area contributed by atoms with Crippen LogP contribution in [0, 0.1) is 27.3 Å². The molecule has 19 heteroatoms. The van der Waals surface area contributed by atoms with Crippen molar-refractivity contribution in [3.05, 3.63) is 136 Å². The predicted molar refractivity (Wildman–Crippen MR) is 276 cm³/mol. The van der Waals surface area contributed by atoms with Crippen LogP contribution in [0.25, 0.3) is 11.0 Å². The lowest BCUT2D eigenvalue weighted by molar-refractivity contribution is -0.384. The SMILES string of the molecule is CC(C)c1ccccc1[C@@H]1CN(Cc2ccncc2)CCN1C1CC2(CCN(c3ccc(C(=O)NS(=O)(=O)c4cnc(NCC5CCC(C)(O)CC5)c([N+](=O)[O-])c4)c(Oc4cnc5[nH]cc(F)c5c4)c3)CC2)C1. The van der Waals surface area contributed by atoms with Gasteiger partial charge < -0.3 is 25.0 Å². The number of amides is 1. The zero-order valence-electron chi connectivity index (χ0n) is 41.5. The Morgan fingerprint density at radius 3 is 2.48 bits per heavy atom. The summed E-state index contributed by atoms with van der Waals surface area (Å²) in [6.45, 7) is 12.0. The van der Waals surface area contributed by atoms with E-state index in [2.05, 4.69) is 94.9 Å². The van der Waals surface area contributed by atoms with Gasteiger partial charge in [0.15, 0.2) is 0 Å². The van der Waals surface area contributed by atoms with Gasteiger partial charge in [0.05, 0.1) is 33.9 Å². The number of nitro groups is 1. The fourth-order valence-corrected chi connectivity index (χ4v) is 12.5. The van der Waals surface area contributed by atoms with Crippen molar-refractivity contribution < 1.29 is 32.4 Å². The molecule has 1 atom stereocenters. The number of halogens is 1. The molecule has 1 spiro atoms. The topological polar surface area (TPSA) is 212 Å². The molecule has 2 aliphatic carbocycles. The maximum absolute atomic E-state index is 14.7. The van der Waals surface area contributed by atoms with Crippen molar-refractivity contribution in [2.75, 3.05) is 49.5 Å². The number of H-pyrrole nitrogens is 1. The Hall–Kier alpha value is -6.54. The molecule has 4 N–H and O–H groups in total. The number of rotatable bonds is 15. The lowest BCUT2D eigenvalue weighted by atomic mass is 9.59. The van der Waals surface area contributed by atoms with Gasteiger partial charge >= 0.3 is 5.69 Å². The first-order valence-electron chi connectivity index (χ1n) is 25.4. The van der Waals surface area contributed by atoms with E-state index in [4.69, 9.17) is 4.74 Å². The average molecular weight is 1020 g/mol. The number of carbonyl (C=O) groups is 1. The van der Waals surface area contributed by atoms with E-state index in [1.54, 1.807) is 19.1 Å². The second kappa shape index (κ2) is 20.4. The molecule has 2 saturated carbocycles. The number of piperidine rings is 1. The highest BCUT2D eigenvalue weighted by Gasteiger charge is 2.50. The number of ether oxygens (including phenoxy) is 1. The molecule has 4 fully saturated rings. The van der Waals surface area contributed by atoms with E-state index in [1.807, 2.05) is 12.4 Å². The number of pyridine rings is 3. The van der Waals surface area contributed by atoms with Crippen LogP contribution in [0.4, 0.5) is 21.6 Å². The van der Waals surface area contributed by atoms with Crippen molar-refractivity contribution in [2.45, 2.75) is 107 Å². The fourth-order valence-electron chi connectivity index (χ4n) is 11.6. The molecule has 6 aromatic rings. The summed E-state index contributed by atoms with van der Waals surface area (Å²) in [6, 6.07) is 21.1. The third-order valence-electron chi connectivity index (χ3n) is 15.8. The molecular weight excluding hydrogens is 952 g/mol. The van der Waals surface area contributed by atoms with Gasteiger partial charge in [-0.15, -0.1) is 0 Å². The first-order chi connectivity index (χ1) is 35.0. The normalized spacial score (nSPS) is 21.8. The first-order valence-corrected chi connectivity index (χ1v) is 26.8. The third kappa shape index (κ3) is 10.9. The summed E-state index contributed by atoms with van der Waals surface area (Å²) in [5.74, 6) is -1.02. The van der Waals surface area contributed by atoms with Crippen LogP contribution in [0.15, 0.2) is 103 Å². The summed E-state index contributed by atoms with van der Waals surface area (Å²) in [4.78, 5) is 47.9. The Morgan fingerprint density at radius 1 is 0.986 bits per heavy atom. The Morgan fingerprint density at radius 2 is 1.74 bits per heavy atom. The molecule has 6 heterocycles. The maximum Gasteiger partial charge on any atom is 0.312 e. The highest BCUT2D eigenvalue weighted by atomic mass is 32.2. The fraction of sp³-hybridized carbons (Fsp3) is 0.444. The Kier molecular flexibility index (Phi) is 14.0. The number of carbonyl (C=O) groups excluding carboxylic acids is 1. The van der Waals surface area contributed by atoms with Crippen molar-refractivity contribution in [1.29, 1.82) is 0 Å². The van der Waals surface area contributed by atoms with Crippen LogP contribution in [-0.4, -0.2) is 105 Å². The molecule has 10 rings (SSSR count). The molecule has 0 bridgehead atoms. The van der Waals surface area contributed by atoms with Gasteiger partial charge in [-0.05, 0) is 123 Å². The smallest absolute Gasteiger partial charge is 0.312 e. The van der Waals surface area contributed by atoms with Crippen LogP contribution >= 0.6 is 0 Å². The van der Waals surface area contributed by atoms with Crippen LogP contribution in [0.2, 0.25) is 0 Å². The first kappa shape index (κ1) is 50.0. The number of hydrogen-bond donors (Lipinski definition) is 4. The van der Waals surface area contributed by atoms with E-state index >= 15 is 0 Å². The van der Waals surface area contributed by atoms with Crippen LogP contribution in [0.1, 0.15) is 111 Å². The van der Waals surface area contributed by atoms with Crippen molar-refractivity contribution in [3.63, 3.8) is 0 Å². The lowest BCUT2D eigenvalue weighted by Gasteiger charge is -2.58. The van der Waals surface area contributed by atoms with Gasteiger partial charge in [-0.25, -0.2) is 27.5 Å². The summed E-state index contributed by atoms with van der Waals surface area (Å²) in [6.07, 6.45) is 14.1. The van der Waals surface area contributed by atoms with E-state index in [1.165, 1.54) is 41.2 Å². The third-order valence-corrected chi connectivity index (χ3v) is 17.1. The Labute approximate surface area is 424 Å². The largest absolute Gasteiger partial charge is 0.455 e. The molecule has 2 aliphatic heterocycles.